The fourth-order valence-electron chi connectivity index (χ4n) is 1.17. The smallest absolute Gasteiger partial charge is 0.307 e. The van der Waals surface area contributed by atoms with Crippen molar-refractivity contribution in [3.8, 4) is 0 Å². The Morgan fingerprint density at radius 3 is 2.92 bits per heavy atom. The predicted octanol–water partition coefficient (Wildman–Crippen LogP) is 1.75. The second-order valence-electron chi connectivity index (χ2n) is 2.80. The number of carboxylic acids is 1. The summed E-state index contributed by atoms with van der Waals surface area (Å²) in [7, 11) is 0. The number of hydrogen-bond donors (Lipinski definition) is 2. The van der Waals surface area contributed by atoms with E-state index in [0.717, 1.165) is 17.8 Å². The van der Waals surface area contributed by atoms with E-state index in [1.54, 1.807) is 0 Å². The average molecular weight is 179 g/mol. The summed E-state index contributed by atoms with van der Waals surface area (Å²) in [6, 6.07) is 7.46. The SMILES string of the molecule is CCNc1cccc(CC(=O)O)c1. The molecule has 0 radical (unpaired) electrons. The molecule has 0 aromatic heterocycles. The molecule has 0 spiro atoms. The van der Waals surface area contributed by atoms with E-state index in [2.05, 4.69) is 5.32 Å². The van der Waals surface area contributed by atoms with Crippen molar-refractivity contribution < 1.29 is 9.90 Å². The third kappa shape index (κ3) is 3.15. The van der Waals surface area contributed by atoms with Gasteiger partial charge < -0.3 is 10.4 Å². The van der Waals surface area contributed by atoms with E-state index in [4.69, 9.17) is 5.11 Å². The molecule has 0 aliphatic rings. The average Bonchev–Trinajstić information content (AvgIpc) is 2.04. The highest BCUT2D eigenvalue weighted by atomic mass is 16.4. The van der Waals surface area contributed by atoms with Crippen LogP contribution in [0.5, 0.6) is 0 Å². The lowest BCUT2D eigenvalue weighted by atomic mass is 10.1. The van der Waals surface area contributed by atoms with Crippen LogP contribution in [0.3, 0.4) is 0 Å². The molecule has 0 aliphatic heterocycles. The lowest BCUT2D eigenvalue weighted by Gasteiger charge is -2.04. The fraction of sp³-hybridized carbons (Fsp3) is 0.300. The topological polar surface area (TPSA) is 49.3 Å². The van der Waals surface area contributed by atoms with Gasteiger partial charge in [-0.3, -0.25) is 4.79 Å². The van der Waals surface area contributed by atoms with Gasteiger partial charge in [0, 0.05) is 12.2 Å². The Morgan fingerprint density at radius 2 is 2.31 bits per heavy atom. The standard InChI is InChI=1S/C10H13NO2/c1-2-11-9-5-3-4-8(6-9)7-10(12)13/h3-6,11H,2,7H2,1H3,(H,12,13). The molecule has 1 aromatic carbocycles. The largest absolute Gasteiger partial charge is 0.481 e. The van der Waals surface area contributed by atoms with Gasteiger partial charge in [0.25, 0.3) is 0 Å². The molecule has 0 saturated carbocycles. The maximum Gasteiger partial charge on any atom is 0.307 e. The van der Waals surface area contributed by atoms with Crippen LogP contribution in [0.15, 0.2) is 24.3 Å². The Labute approximate surface area is 77.4 Å². The molecule has 70 valence electrons. The zero-order chi connectivity index (χ0) is 9.68. The second-order valence-corrected chi connectivity index (χ2v) is 2.80. The van der Waals surface area contributed by atoms with Crippen molar-refractivity contribution in [2.45, 2.75) is 13.3 Å². The molecule has 0 saturated heterocycles. The van der Waals surface area contributed by atoms with Crippen LogP contribution >= 0.6 is 0 Å². The van der Waals surface area contributed by atoms with Gasteiger partial charge in [0.2, 0.25) is 0 Å². The quantitative estimate of drug-likeness (QED) is 0.740. The van der Waals surface area contributed by atoms with E-state index >= 15 is 0 Å². The van der Waals surface area contributed by atoms with E-state index in [1.807, 2.05) is 31.2 Å². The van der Waals surface area contributed by atoms with E-state index in [-0.39, 0.29) is 6.42 Å². The maximum absolute atomic E-state index is 10.4. The molecule has 0 fully saturated rings. The third-order valence-electron chi connectivity index (χ3n) is 1.66. The number of carboxylic acid groups (broad SMARTS) is 1. The Morgan fingerprint density at radius 1 is 1.54 bits per heavy atom. The van der Waals surface area contributed by atoms with Gasteiger partial charge in [-0.1, -0.05) is 12.1 Å². The van der Waals surface area contributed by atoms with Crippen molar-refractivity contribution in [3.63, 3.8) is 0 Å². The van der Waals surface area contributed by atoms with Gasteiger partial charge >= 0.3 is 5.97 Å². The van der Waals surface area contributed by atoms with Crippen molar-refractivity contribution in [3.05, 3.63) is 29.8 Å². The second kappa shape index (κ2) is 4.50. The molecule has 0 amide bonds. The van der Waals surface area contributed by atoms with Crippen LogP contribution in [0.4, 0.5) is 5.69 Å². The lowest BCUT2D eigenvalue weighted by molar-refractivity contribution is -0.136. The molecule has 2 N–H and O–H groups in total. The normalized spacial score (nSPS) is 9.62. The third-order valence-corrected chi connectivity index (χ3v) is 1.66. The number of hydrogen-bond acceptors (Lipinski definition) is 2. The van der Waals surface area contributed by atoms with Gasteiger partial charge in [-0.2, -0.15) is 0 Å². The number of benzene rings is 1. The summed E-state index contributed by atoms with van der Waals surface area (Å²) in [6.07, 6.45) is 0.0826. The van der Waals surface area contributed by atoms with Crippen LogP contribution in [-0.4, -0.2) is 17.6 Å². The highest BCUT2D eigenvalue weighted by Gasteiger charge is 2.00. The highest BCUT2D eigenvalue weighted by Crippen LogP contribution is 2.10. The molecule has 0 aliphatic carbocycles. The number of anilines is 1. The van der Waals surface area contributed by atoms with Crippen molar-refractivity contribution in [2.24, 2.45) is 0 Å². The van der Waals surface area contributed by atoms with E-state index in [0.29, 0.717) is 0 Å². The van der Waals surface area contributed by atoms with E-state index in [1.165, 1.54) is 0 Å². The van der Waals surface area contributed by atoms with Crippen LogP contribution < -0.4 is 5.32 Å². The van der Waals surface area contributed by atoms with Crippen LogP contribution in [0.1, 0.15) is 12.5 Å². The minimum atomic E-state index is -0.798. The zero-order valence-electron chi connectivity index (χ0n) is 7.58. The lowest BCUT2D eigenvalue weighted by Crippen LogP contribution is -2.01. The summed E-state index contributed by atoms with van der Waals surface area (Å²) in [4.78, 5) is 10.4. The van der Waals surface area contributed by atoms with Crippen LogP contribution in [-0.2, 0) is 11.2 Å². The molecule has 0 unspecified atom stereocenters. The Kier molecular flexibility index (Phi) is 3.31. The summed E-state index contributed by atoms with van der Waals surface area (Å²) in [5.41, 5.74) is 1.80. The van der Waals surface area contributed by atoms with Gasteiger partial charge in [-0.25, -0.2) is 0 Å². The molecule has 0 bridgehead atoms. The van der Waals surface area contributed by atoms with Crippen molar-refractivity contribution in [2.75, 3.05) is 11.9 Å². The molecule has 1 aromatic rings. The first kappa shape index (κ1) is 9.58. The molecule has 13 heavy (non-hydrogen) atoms. The van der Waals surface area contributed by atoms with Gasteiger partial charge in [-0.15, -0.1) is 0 Å². The molecular formula is C10H13NO2. The predicted molar refractivity (Wildman–Crippen MR) is 51.9 cm³/mol. The van der Waals surface area contributed by atoms with Crippen molar-refractivity contribution >= 4 is 11.7 Å². The Bertz CT molecular complexity index is 297. The minimum Gasteiger partial charge on any atom is -0.481 e. The first-order valence-electron chi connectivity index (χ1n) is 4.27. The van der Waals surface area contributed by atoms with Crippen LogP contribution in [0, 0.1) is 0 Å². The Hall–Kier alpha value is -1.51. The van der Waals surface area contributed by atoms with E-state index < -0.39 is 5.97 Å². The first-order valence-corrected chi connectivity index (χ1v) is 4.27. The van der Waals surface area contributed by atoms with Gasteiger partial charge in [0.15, 0.2) is 0 Å². The van der Waals surface area contributed by atoms with Gasteiger partial charge in [-0.05, 0) is 24.6 Å². The number of nitrogens with one attached hydrogen (secondary N) is 1. The monoisotopic (exact) mass is 179 g/mol. The number of aliphatic carboxylic acids is 1. The van der Waals surface area contributed by atoms with Gasteiger partial charge in [0.05, 0.1) is 6.42 Å². The van der Waals surface area contributed by atoms with Crippen LogP contribution in [0.25, 0.3) is 0 Å². The number of carbonyl (C=O) groups is 1. The Balaban J connectivity index is 2.73. The fourth-order valence-corrected chi connectivity index (χ4v) is 1.17. The molecule has 3 heteroatoms. The molecule has 0 atom stereocenters. The summed E-state index contributed by atoms with van der Waals surface area (Å²) >= 11 is 0. The molecule has 0 heterocycles. The van der Waals surface area contributed by atoms with E-state index in [9.17, 15) is 4.79 Å². The highest BCUT2D eigenvalue weighted by molar-refractivity contribution is 5.70. The maximum atomic E-state index is 10.4. The molecular weight excluding hydrogens is 166 g/mol. The minimum absolute atomic E-state index is 0.0826. The first-order chi connectivity index (χ1) is 6.22. The van der Waals surface area contributed by atoms with Crippen molar-refractivity contribution in [1.82, 2.24) is 0 Å². The summed E-state index contributed by atoms with van der Waals surface area (Å²) in [5, 5.41) is 11.7. The summed E-state index contributed by atoms with van der Waals surface area (Å²) in [6.45, 7) is 2.85. The van der Waals surface area contributed by atoms with Gasteiger partial charge in [0.1, 0.15) is 0 Å². The van der Waals surface area contributed by atoms with Crippen LogP contribution in [0.2, 0.25) is 0 Å². The van der Waals surface area contributed by atoms with Crippen molar-refractivity contribution in [1.29, 1.82) is 0 Å². The molecule has 1 rings (SSSR count). The number of rotatable bonds is 4. The summed E-state index contributed by atoms with van der Waals surface area (Å²) in [5.74, 6) is -0.798. The molecule has 3 nitrogen and oxygen atoms in total. The summed E-state index contributed by atoms with van der Waals surface area (Å²) < 4.78 is 0. The zero-order valence-corrected chi connectivity index (χ0v) is 7.58.